The predicted octanol–water partition coefficient (Wildman–Crippen LogP) is 5.42. The Balaban J connectivity index is 1.77. The van der Waals surface area contributed by atoms with Gasteiger partial charge in [-0.25, -0.2) is 4.79 Å². The molecule has 0 fully saturated rings. The van der Waals surface area contributed by atoms with Gasteiger partial charge in [-0.1, -0.05) is 70.4 Å². The van der Waals surface area contributed by atoms with Gasteiger partial charge in [-0.05, 0) is 30.5 Å². The summed E-state index contributed by atoms with van der Waals surface area (Å²) in [5.74, 6) is -4.06. The third kappa shape index (κ3) is 6.11. The standard InChI is InChI=1S/C29H34N2O6/c1-3-4-5-6-7-8-9-10-11-12-20-24(32)26(34)23-22(18-13-15-19(16-14-18)29(35)36-2)21(17-30)28(31)37-27(23)25(20)33/h13-16,22,32H,3-12,31H2,1-2H3. The van der Waals surface area contributed by atoms with E-state index in [0.717, 1.165) is 19.3 Å². The second-order valence-corrected chi connectivity index (χ2v) is 9.35. The number of carbonyl (C=O) groups is 3. The SMILES string of the molecule is CCCCCCCCCCCC1=C(O)C(=O)C2=C(OC(N)=C(C#N)C2c2ccc(C(=O)OC)cc2)C1=O. The predicted molar refractivity (Wildman–Crippen MR) is 137 cm³/mol. The van der Waals surface area contributed by atoms with Crippen LogP contribution in [0.15, 0.2) is 58.4 Å². The fourth-order valence-electron chi connectivity index (χ4n) is 4.78. The van der Waals surface area contributed by atoms with E-state index in [9.17, 15) is 24.8 Å². The van der Waals surface area contributed by atoms with Gasteiger partial charge in [0, 0.05) is 5.57 Å². The average Bonchev–Trinajstić information content (AvgIpc) is 2.91. The van der Waals surface area contributed by atoms with Crippen LogP contribution in [0.25, 0.3) is 0 Å². The van der Waals surface area contributed by atoms with E-state index >= 15 is 0 Å². The van der Waals surface area contributed by atoms with E-state index in [2.05, 4.69) is 6.92 Å². The summed E-state index contributed by atoms with van der Waals surface area (Å²) in [4.78, 5) is 38.4. The molecule has 1 unspecified atom stereocenters. The quantitative estimate of drug-likeness (QED) is 0.218. The zero-order chi connectivity index (χ0) is 26.9. The number of carbonyl (C=O) groups excluding carboxylic acids is 3. The molecule has 1 aliphatic carbocycles. The van der Waals surface area contributed by atoms with Crippen LogP contribution in [0.2, 0.25) is 0 Å². The molecule has 3 rings (SSSR count). The number of esters is 1. The number of benzene rings is 1. The summed E-state index contributed by atoms with van der Waals surface area (Å²) < 4.78 is 10.2. The molecule has 8 nitrogen and oxygen atoms in total. The Morgan fingerprint density at radius 3 is 2.19 bits per heavy atom. The molecule has 37 heavy (non-hydrogen) atoms. The van der Waals surface area contributed by atoms with Gasteiger partial charge in [-0.15, -0.1) is 0 Å². The number of unbranched alkanes of at least 4 members (excludes halogenated alkanes) is 8. The number of hydrogen-bond donors (Lipinski definition) is 2. The van der Waals surface area contributed by atoms with Gasteiger partial charge in [0.1, 0.15) is 11.6 Å². The summed E-state index contributed by atoms with van der Waals surface area (Å²) in [6, 6.07) is 8.03. The summed E-state index contributed by atoms with van der Waals surface area (Å²) >= 11 is 0. The number of aliphatic hydroxyl groups excluding tert-OH is 1. The first-order chi connectivity index (χ1) is 17.8. The topological polar surface area (TPSA) is 140 Å². The first-order valence-electron chi connectivity index (χ1n) is 12.9. The molecular formula is C29H34N2O6. The molecule has 1 aliphatic heterocycles. The summed E-state index contributed by atoms with van der Waals surface area (Å²) in [5, 5.41) is 20.5. The Labute approximate surface area is 217 Å². The Morgan fingerprint density at radius 2 is 1.62 bits per heavy atom. The van der Waals surface area contributed by atoms with Crippen molar-refractivity contribution in [2.75, 3.05) is 7.11 Å². The number of rotatable bonds is 12. The number of hydrogen-bond acceptors (Lipinski definition) is 8. The highest BCUT2D eigenvalue weighted by atomic mass is 16.5. The van der Waals surface area contributed by atoms with Gasteiger partial charge in [-0.2, -0.15) is 5.26 Å². The molecule has 3 N–H and O–H groups in total. The Kier molecular flexibility index (Phi) is 9.67. The third-order valence-electron chi connectivity index (χ3n) is 6.84. The highest BCUT2D eigenvalue weighted by molar-refractivity contribution is 6.24. The van der Waals surface area contributed by atoms with Crippen LogP contribution in [0.5, 0.6) is 0 Å². The smallest absolute Gasteiger partial charge is 0.337 e. The number of methoxy groups -OCH3 is 1. The molecule has 0 bridgehead atoms. The summed E-state index contributed by atoms with van der Waals surface area (Å²) in [6.45, 7) is 2.19. The zero-order valence-electron chi connectivity index (χ0n) is 21.5. The van der Waals surface area contributed by atoms with Gasteiger partial charge < -0.3 is 20.3 Å². The van der Waals surface area contributed by atoms with Gasteiger partial charge in [0.25, 0.3) is 0 Å². The van der Waals surface area contributed by atoms with Crippen LogP contribution in [0.3, 0.4) is 0 Å². The lowest BCUT2D eigenvalue weighted by molar-refractivity contribution is -0.120. The Bertz CT molecular complexity index is 1180. The molecule has 0 spiro atoms. The minimum Gasteiger partial charge on any atom is -0.504 e. The molecule has 8 heteroatoms. The number of ether oxygens (including phenoxy) is 2. The van der Waals surface area contributed by atoms with Crippen LogP contribution < -0.4 is 5.73 Å². The second kappa shape index (κ2) is 12.9. The number of nitriles is 1. The molecule has 1 aromatic carbocycles. The number of Topliss-reactive ketones (excluding diaryl/α,β-unsaturated/α-hetero) is 2. The summed E-state index contributed by atoms with van der Waals surface area (Å²) in [7, 11) is 1.26. The molecule has 196 valence electrons. The largest absolute Gasteiger partial charge is 0.504 e. The monoisotopic (exact) mass is 506 g/mol. The van der Waals surface area contributed by atoms with E-state index in [4.69, 9.17) is 15.2 Å². The molecular weight excluding hydrogens is 472 g/mol. The highest BCUT2D eigenvalue weighted by Gasteiger charge is 2.45. The fourth-order valence-corrected chi connectivity index (χ4v) is 4.78. The van der Waals surface area contributed by atoms with E-state index in [-0.39, 0.29) is 40.3 Å². The Hall–Kier alpha value is -3.86. The van der Waals surface area contributed by atoms with Crippen LogP contribution in [0, 0.1) is 11.3 Å². The maximum absolute atomic E-state index is 13.3. The van der Waals surface area contributed by atoms with Crippen molar-refractivity contribution in [3.8, 4) is 6.07 Å². The molecule has 1 heterocycles. The second-order valence-electron chi connectivity index (χ2n) is 9.35. The zero-order valence-corrected chi connectivity index (χ0v) is 21.5. The van der Waals surface area contributed by atoms with E-state index < -0.39 is 29.2 Å². The number of ketones is 2. The van der Waals surface area contributed by atoms with Gasteiger partial charge in [0.15, 0.2) is 11.5 Å². The molecule has 0 saturated carbocycles. The van der Waals surface area contributed by atoms with Crippen LogP contribution >= 0.6 is 0 Å². The van der Waals surface area contributed by atoms with Crippen LogP contribution in [0.4, 0.5) is 0 Å². The van der Waals surface area contributed by atoms with Crippen molar-refractivity contribution in [3.05, 3.63) is 69.5 Å². The minimum atomic E-state index is -1.02. The maximum atomic E-state index is 13.3. The Morgan fingerprint density at radius 1 is 1.03 bits per heavy atom. The van der Waals surface area contributed by atoms with E-state index in [1.165, 1.54) is 51.3 Å². The van der Waals surface area contributed by atoms with Crippen molar-refractivity contribution < 1.29 is 29.0 Å². The lowest BCUT2D eigenvalue weighted by atomic mass is 9.76. The van der Waals surface area contributed by atoms with E-state index in [1.54, 1.807) is 12.1 Å². The lowest BCUT2D eigenvalue weighted by Crippen LogP contribution is -2.33. The maximum Gasteiger partial charge on any atom is 0.337 e. The third-order valence-corrected chi connectivity index (χ3v) is 6.84. The van der Waals surface area contributed by atoms with Crippen molar-refractivity contribution in [2.24, 2.45) is 5.73 Å². The van der Waals surface area contributed by atoms with E-state index in [0.29, 0.717) is 12.0 Å². The van der Waals surface area contributed by atoms with E-state index in [1.807, 2.05) is 6.07 Å². The fraction of sp³-hybridized carbons (Fsp3) is 0.448. The molecule has 0 saturated heterocycles. The van der Waals surface area contributed by atoms with Crippen molar-refractivity contribution >= 4 is 17.5 Å². The molecule has 0 aromatic heterocycles. The van der Waals surface area contributed by atoms with Crippen LogP contribution in [-0.4, -0.2) is 29.8 Å². The summed E-state index contributed by atoms with van der Waals surface area (Å²) in [5.41, 5.74) is 6.55. The number of aliphatic hydroxyl groups is 1. The van der Waals surface area contributed by atoms with Crippen LogP contribution in [0.1, 0.15) is 93.0 Å². The number of nitrogens with zero attached hydrogens (tertiary/aromatic N) is 1. The van der Waals surface area contributed by atoms with Gasteiger partial charge in [0.2, 0.25) is 17.4 Å². The van der Waals surface area contributed by atoms with Crippen molar-refractivity contribution in [2.45, 2.75) is 77.0 Å². The number of nitrogens with two attached hydrogens (primary N) is 1. The van der Waals surface area contributed by atoms with Crippen molar-refractivity contribution in [1.29, 1.82) is 5.26 Å². The highest BCUT2D eigenvalue weighted by Crippen LogP contribution is 2.44. The molecule has 1 atom stereocenters. The normalized spacial score (nSPS) is 17.5. The molecule has 1 aromatic rings. The number of allylic oxidation sites excluding steroid dienone is 3. The lowest BCUT2D eigenvalue weighted by Gasteiger charge is -2.30. The van der Waals surface area contributed by atoms with Crippen LogP contribution in [-0.2, 0) is 19.1 Å². The molecule has 2 aliphatic rings. The average molecular weight is 507 g/mol. The van der Waals surface area contributed by atoms with Gasteiger partial charge in [-0.3, -0.25) is 9.59 Å². The first-order valence-corrected chi connectivity index (χ1v) is 12.9. The van der Waals surface area contributed by atoms with Crippen molar-refractivity contribution in [1.82, 2.24) is 0 Å². The van der Waals surface area contributed by atoms with Gasteiger partial charge in [0.05, 0.1) is 24.2 Å². The van der Waals surface area contributed by atoms with Gasteiger partial charge >= 0.3 is 5.97 Å². The summed E-state index contributed by atoms with van der Waals surface area (Å²) in [6.07, 6.45) is 10.1. The minimum absolute atomic E-state index is 0.0136. The molecule has 0 amide bonds. The molecule has 0 radical (unpaired) electrons. The first kappa shape index (κ1) is 27.7. The van der Waals surface area contributed by atoms with Crippen molar-refractivity contribution in [3.63, 3.8) is 0 Å².